The molecule has 2 rings (SSSR count). The number of ketones is 1. The van der Waals surface area contributed by atoms with Gasteiger partial charge in [0.05, 0.1) is 0 Å². The summed E-state index contributed by atoms with van der Waals surface area (Å²) in [5, 5.41) is 0. The van der Waals surface area contributed by atoms with Gasteiger partial charge in [-0.05, 0) is 43.5 Å². The van der Waals surface area contributed by atoms with Crippen LogP contribution < -0.4 is 0 Å². The van der Waals surface area contributed by atoms with E-state index in [1.807, 2.05) is 17.8 Å². The molecule has 0 N–H and O–H groups in total. The van der Waals surface area contributed by atoms with E-state index < -0.39 is 0 Å². The minimum absolute atomic E-state index is 0.177. The van der Waals surface area contributed by atoms with Gasteiger partial charge in [0.25, 0.3) is 0 Å². The summed E-state index contributed by atoms with van der Waals surface area (Å²) in [6, 6.07) is 2.05. The fourth-order valence-corrected chi connectivity index (χ4v) is 4.09. The first-order valence-corrected chi connectivity index (χ1v) is 6.61. The molecule has 0 amide bonds. The maximum absolute atomic E-state index is 11.6. The molecule has 1 aliphatic rings. The number of aryl methyl sites for hydroxylation is 1. The number of hydrogen-bond acceptors (Lipinski definition) is 2. The third-order valence-corrected chi connectivity index (χ3v) is 5.04. The van der Waals surface area contributed by atoms with Crippen LogP contribution in [0.3, 0.4) is 0 Å². The van der Waals surface area contributed by atoms with E-state index in [0.717, 1.165) is 11.3 Å². The van der Waals surface area contributed by atoms with Crippen LogP contribution in [0.5, 0.6) is 0 Å². The predicted molar refractivity (Wildman–Crippen MR) is 69.7 cm³/mol. The molecule has 0 saturated heterocycles. The molecule has 1 heterocycles. The van der Waals surface area contributed by atoms with E-state index in [4.69, 9.17) is 0 Å². The van der Waals surface area contributed by atoms with Crippen LogP contribution in [0.25, 0.3) is 0 Å². The first kappa shape index (κ1) is 11.7. The van der Waals surface area contributed by atoms with Crippen LogP contribution in [-0.4, -0.2) is 11.5 Å². The summed E-state index contributed by atoms with van der Waals surface area (Å²) in [4.78, 5) is 13.0. The quantitative estimate of drug-likeness (QED) is 0.686. The Morgan fingerprint density at radius 1 is 1.38 bits per heavy atom. The summed E-state index contributed by atoms with van der Waals surface area (Å²) in [5.74, 6) is 1.29. The number of Topliss-reactive ketones (excluding diaryl/α,β-unsaturated/α-hetero) is 1. The number of carbonyl (C=O) groups excluding carboxylic acids is 1. The summed E-state index contributed by atoms with van der Waals surface area (Å²) in [6.45, 7) is 10.4. The van der Waals surface area contributed by atoms with Gasteiger partial charge in [0.15, 0.2) is 5.78 Å². The van der Waals surface area contributed by atoms with Gasteiger partial charge < -0.3 is 0 Å². The van der Waals surface area contributed by atoms with Gasteiger partial charge >= 0.3 is 0 Å². The zero-order valence-corrected chi connectivity index (χ0v) is 11.4. The van der Waals surface area contributed by atoms with Crippen LogP contribution in [-0.2, 0) is 5.41 Å². The van der Waals surface area contributed by atoms with Gasteiger partial charge in [-0.25, -0.2) is 0 Å². The van der Waals surface area contributed by atoms with Crippen LogP contribution in [0, 0.1) is 13.8 Å². The zero-order chi connectivity index (χ0) is 12.1. The Morgan fingerprint density at radius 2 is 2.00 bits per heavy atom. The van der Waals surface area contributed by atoms with E-state index >= 15 is 0 Å². The molecule has 2 heteroatoms. The van der Waals surface area contributed by atoms with Crippen LogP contribution in [0.1, 0.15) is 47.8 Å². The number of hydrogen-bond donors (Lipinski definition) is 0. The van der Waals surface area contributed by atoms with Crippen molar-refractivity contribution in [2.45, 2.75) is 44.9 Å². The smallest absolute Gasteiger partial charge is 0.160 e. The molecule has 0 radical (unpaired) electrons. The maximum atomic E-state index is 11.6. The average molecular weight is 234 g/mol. The fourth-order valence-electron chi connectivity index (χ4n) is 2.58. The highest BCUT2D eigenvalue weighted by Crippen LogP contribution is 2.47. The van der Waals surface area contributed by atoms with Gasteiger partial charge in [-0.2, -0.15) is 0 Å². The Kier molecular flexibility index (Phi) is 2.66. The van der Waals surface area contributed by atoms with Crippen molar-refractivity contribution < 1.29 is 4.79 Å². The van der Waals surface area contributed by atoms with E-state index in [1.165, 1.54) is 21.6 Å². The van der Waals surface area contributed by atoms with Crippen molar-refractivity contribution in [1.29, 1.82) is 0 Å². The molecule has 0 aliphatic carbocycles. The molecule has 0 atom stereocenters. The Labute approximate surface area is 102 Å². The second-order valence-electron chi connectivity index (χ2n) is 5.30. The monoisotopic (exact) mass is 234 g/mol. The largest absolute Gasteiger partial charge is 0.295 e. The second-order valence-corrected chi connectivity index (χ2v) is 6.28. The van der Waals surface area contributed by atoms with Crippen molar-refractivity contribution in [3.63, 3.8) is 0 Å². The number of rotatable bonds is 1. The first-order valence-electron chi connectivity index (χ1n) is 5.63. The van der Waals surface area contributed by atoms with E-state index in [0.29, 0.717) is 0 Å². The van der Waals surface area contributed by atoms with Crippen molar-refractivity contribution >= 4 is 17.5 Å². The second kappa shape index (κ2) is 3.63. The van der Waals surface area contributed by atoms with Gasteiger partial charge in [-0.15, -0.1) is 11.8 Å². The fraction of sp³-hybridized carbons (Fsp3) is 0.500. The van der Waals surface area contributed by atoms with Crippen molar-refractivity contribution in [1.82, 2.24) is 0 Å². The molecule has 1 nitrogen and oxygen atoms in total. The van der Waals surface area contributed by atoms with Gasteiger partial charge in [-0.3, -0.25) is 4.79 Å². The molecular formula is C14H18OS. The molecule has 0 fully saturated rings. The molecule has 0 spiro atoms. The van der Waals surface area contributed by atoms with Gasteiger partial charge in [0, 0.05) is 21.6 Å². The Bertz CT molecular complexity index is 472. The van der Waals surface area contributed by atoms with Crippen molar-refractivity contribution in [3.8, 4) is 0 Å². The van der Waals surface area contributed by atoms with Crippen molar-refractivity contribution in [3.05, 3.63) is 28.3 Å². The van der Waals surface area contributed by atoms with E-state index in [-0.39, 0.29) is 11.2 Å². The van der Waals surface area contributed by atoms with Crippen LogP contribution in [0.15, 0.2) is 11.0 Å². The molecule has 1 aromatic rings. The standard InChI is InChI=1S/C14H18OS/c1-8-6-11(10(3)15)9(2)12-13(8)16-7-14(12,4)5/h6H,7H2,1-5H3. The van der Waals surface area contributed by atoms with Gasteiger partial charge in [0.2, 0.25) is 0 Å². The molecule has 1 aliphatic heterocycles. The minimum Gasteiger partial charge on any atom is -0.295 e. The third-order valence-electron chi connectivity index (χ3n) is 3.36. The lowest BCUT2D eigenvalue weighted by Gasteiger charge is -2.22. The third kappa shape index (κ3) is 1.60. The van der Waals surface area contributed by atoms with Gasteiger partial charge in [-0.1, -0.05) is 13.8 Å². The van der Waals surface area contributed by atoms with Crippen LogP contribution >= 0.6 is 11.8 Å². The van der Waals surface area contributed by atoms with E-state index in [9.17, 15) is 4.79 Å². The topological polar surface area (TPSA) is 17.1 Å². The summed E-state index contributed by atoms with van der Waals surface area (Å²) in [5.41, 5.74) is 4.92. The van der Waals surface area contributed by atoms with Crippen molar-refractivity contribution in [2.75, 3.05) is 5.75 Å². The lowest BCUT2D eigenvalue weighted by atomic mass is 9.81. The summed E-state index contributed by atoms with van der Waals surface area (Å²) in [7, 11) is 0. The van der Waals surface area contributed by atoms with Crippen LogP contribution in [0.4, 0.5) is 0 Å². The molecule has 0 saturated carbocycles. The molecule has 1 aromatic carbocycles. The van der Waals surface area contributed by atoms with Crippen molar-refractivity contribution in [2.24, 2.45) is 0 Å². The predicted octanol–water partition coefficient (Wildman–Crippen LogP) is 3.89. The van der Waals surface area contributed by atoms with Crippen LogP contribution in [0.2, 0.25) is 0 Å². The number of benzene rings is 1. The lowest BCUT2D eigenvalue weighted by Crippen LogP contribution is -2.18. The molecule has 0 bridgehead atoms. The first-order chi connectivity index (χ1) is 7.34. The molecule has 0 unspecified atom stereocenters. The minimum atomic E-state index is 0.177. The Hall–Kier alpha value is -0.760. The number of fused-ring (bicyclic) bond motifs is 1. The van der Waals surface area contributed by atoms with E-state index in [2.05, 4.69) is 27.7 Å². The Balaban J connectivity index is 2.76. The average Bonchev–Trinajstić information content (AvgIpc) is 2.48. The zero-order valence-electron chi connectivity index (χ0n) is 10.6. The number of carbonyl (C=O) groups is 1. The maximum Gasteiger partial charge on any atom is 0.160 e. The molecule has 16 heavy (non-hydrogen) atoms. The van der Waals surface area contributed by atoms with E-state index in [1.54, 1.807) is 6.92 Å². The van der Waals surface area contributed by atoms with Gasteiger partial charge in [0.1, 0.15) is 0 Å². The number of thioether (sulfide) groups is 1. The normalized spacial score (nSPS) is 17.3. The summed E-state index contributed by atoms with van der Waals surface area (Å²) < 4.78 is 0. The highest BCUT2D eigenvalue weighted by Gasteiger charge is 2.34. The highest BCUT2D eigenvalue weighted by molar-refractivity contribution is 7.99. The summed E-state index contributed by atoms with van der Waals surface area (Å²) >= 11 is 1.92. The Morgan fingerprint density at radius 3 is 2.56 bits per heavy atom. The molecular weight excluding hydrogens is 216 g/mol. The SMILES string of the molecule is CC(=O)c1cc(C)c2c(c1C)C(C)(C)CS2. The summed E-state index contributed by atoms with van der Waals surface area (Å²) in [6.07, 6.45) is 0. The highest BCUT2D eigenvalue weighted by atomic mass is 32.2. The molecule has 86 valence electrons. The lowest BCUT2D eigenvalue weighted by molar-refractivity contribution is 0.101. The molecule has 0 aromatic heterocycles.